The molecule has 0 amide bonds. The van der Waals surface area contributed by atoms with Crippen LogP contribution in [0.25, 0.3) is 17.0 Å². The second-order valence-electron chi connectivity index (χ2n) is 3.16. The molecule has 1 aromatic carbocycles. The molecule has 2 rings (SSSR count). The number of fused-ring (bicyclic) bond motifs is 1. The van der Waals surface area contributed by atoms with E-state index in [0.29, 0.717) is 11.8 Å². The van der Waals surface area contributed by atoms with Crippen molar-refractivity contribution in [2.75, 3.05) is 0 Å². The molecule has 0 radical (unpaired) electrons. The summed E-state index contributed by atoms with van der Waals surface area (Å²) in [6.45, 7) is 0. The van der Waals surface area contributed by atoms with Gasteiger partial charge in [0.25, 0.3) is 0 Å². The predicted octanol–water partition coefficient (Wildman–Crippen LogP) is 2.69. The summed E-state index contributed by atoms with van der Waals surface area (Å²) in [4.78, 5) is 12.1. The highest BCUT2D eigenvalue weighted by Gasteiger charge is 2.08. The Labute approximate surface area is 88.3 Å². The van der Waals surface area contributed by atoms with E-state index in [1.54, 1.807) is 0 Å². The molecule has 0 fully saturated rings. The highest BCUT2D eigenvalue weighted by molar-refractivity contribution is 5.89. The summed E-state index contributed by atoms with van der Waals surface area (Å²) in [5.74, 6) is -1.45. The predicted molar refractivity (Wildman–Crippen MR) is 54.2 cm³/mol. The molecule has 0 aliphatic carbocycles. The standard InChI is InChI=1S/C10H6F2N2O2/c11-7-3-8-6(1-2-14(15)16)5-13-10(8)9(12)4-7/h1-5,13H. The van der Waals surface area contributed by atoms with Crippen molar-refractivity contribution < 1.29 is 13.7 Å². The monoisotopic (exact) mass is 224 g/mol. The van der Waals surface area contributed by atoms with Crippen LogP contribution < -0.4 is 0 Å². The van der Waals surface area contributed by atoms with Gasteiger partial charge in [0.2, 0.25) is 6.20 Å². The van der Waals surface area contributed by atoms with E-state index in [1.807, 2.05) is 0 Å². The number of aromatic amines is 1. The Morgan fingerprint density at radius 3 is 2.81 bits per heavy atom. The molecule has 0 bridgehead atoms. The van der Waals surface area contributed by atoms with Crippen LogP contribution in [0.15, 0.2) is 24.5 Å². The first kappa shape index (κ1) is 10.3. The van der Waals surface area contributed by atoms with E-state index in [4.69, 9.17) is 0 Å². The maximum absolute atomic E-state index is 13.2. The van der Waals surface area contributed by atoms with E-state index in [0.717, 1.165) is 12.1 Å². The van der Waals surface area contributed by atoms with Gasteiger partial charge in [-0.25, -0.2) is 8.78 Å². The smallest absolute Gasteiger partial charge is 0.235 e. The normalized spacial score (nSPS) is 11.4. The van der Waals surface area contributed by atoms with Crippen LogP contribution >= 0.6 is 0 Å². The molecule has 0 unspecified atom stereocenters. The maximum Gasteiger partial charge on any atom is 0.235 e. The van der Waals surface area contributed by atoms with E-state index < -0.39 is 16.6 Å². The second kappa shape index (κ2) is 3.73. The summed E-state index contributed by atoms with van der Waals surface area (Å²) in [5.41, 5.74) is 0.495. The van der Waals surface area contributed by atoms with Crippen molar-refractivity contribution in [3.8, 4) is 0 Å². The molecule has 0 spiro atoms. The third kappa shape index (κ3) is 1.77. The molecule has 4 nitrogen and oxygen atoms in total. The first-order chi connectivity index (χ1) is 7.58. The Hall–Kier alpha value is -2.24. The molecule has 1 N–H and O–H groups in total. The number of H-pyrrole nitrogens is 1. The van der Waals surface area contributed by atoms with E-state index in [2.05, 4.69) is 4.98 Å². The fourth-order valence-corrected chi connectivity index (χ4v) is 1.45. The summed E-state index contributed by atoms with van der Waals surface area (Å²) in [5, 5.41) is 10.4. The van der Waals surface area contributed by atoms with Crippen LogP contribution in [0.2, 0.25) is 0 Å². The largest absolute Gasteiger partial charge is 0.358 e. The first-order valence-electron chi connectivity index (χ1n) is 4.36. The highest BCUT2D eigenvalue weighted by Crippen LogP contribution is 2.23. The number of aromatic nitrogens is 1. The van der Waals surface area contributed by atoms with Gasteiger partial charge in [-0.05, 0) is 6.07 Å². The van der Waals surface area contributed by atoms with Crippen molar-refractivity contribution in [3.05, 3.63) is 51.8 Å². The number of rotatable bonds is 2. The molecule has 16 heavy (non-hydrogen) atoms. The minimum atomic E-state index is -0.726. The molecular weight excluding hydrogens is 218 g/mol. The Kier molecular flexibility index (Phi) is 2.40. The Morgan fingerprint density at radius 1 is 1.38 bits per heavy atom. The molecule has 0 saturated heterocycles. The zero-order valence-electron chi connectivity index (χ0n) is 7.91. The average Bonchev–Trinajstić information content (AvgIpc) is 2.58. The van der Waals surface area contributed by atoms with Crippen molar-refractivity contribution in [2.45, 2.75) is 0 Å². The Morgan fingerprint density at radius 2 is 2.12 bits per heavy atom. The van der Waals surface area contributed by atoms with Crippen LogP contribution in [0.4, 0.5) is 8.78 Å². The van der Waals surface area contributed by atoms with E-state index >= 15 is 0 Å². The summed E-state index contributed by atoms with van der Waals surface area (Å²) >= 11 is 0. The van der Waals surface area contributed by atoms with Crippen LogP contribution in [0.1, 0.15) is 5.56 Å². The SMILES string of the molecule is O=[N+]([O-])C=Cc1c[nH]c2c(F)cc(F)cc12. The Balaban J connectivity index is 2.60. The summed E-state index contributed by atoms with van der Waals surface area (Å²) in [6.07, 6.45) is 3.27. The van der Waals surface area contributed by atoms with Crippen molar-refractivity contribution >= 4 is 17.0 Å². The number of nitrogens with zero attached hydrogens (tertiary/aromatic N) is 1. The molecule has 0 saturated carbocycles. The van der Waals surface area contributed by atoms with Gasteiger partial charge in [-0.3, -0.25) is 10.1 Å². The quantitative estimate of drug-likeness (QED) is 0.629. The van der Waals surface area contributed by atoms with Gasteiger partial charge in [-0.15, -0.1) is 0 Å². The lowest BCUT2D eigenvalue weighted by Gasteiger charge is -1.94. The third-order valence-corrected chi connectivity index (χ3v) is 2.11. The molecule has 1 heterocycles. The van der Waals surface area contributed by atoms with Gasteiger partial charge in [0.05, 0.1) is 10.4 Å². The van der Waals surface area contributed by atoms with Gasteiger partial charge < -0.3 is 4.98 Å². The molecule has 1 aromatic heterocycles. The number of halogens is 2. The van der Waals surface area contributed by atoms with Crippen molar-refractivity contribution in [1.82, 2.24) is 4.98 Å². The molecule has 6 heteroatoms. The number of benzene rings is 1. The van der Waals surface area contributed by atoms with Gasteiger partial charge in [0, 0.05) is 29.3 Å². The van der Waals surface area contributed by atoms with Crippen LogP contribution in [0.3, 0.4) is 0 Å². The van der Waals surface area contributed by atoms with Crippen LogP contribution in [0.5, 0.6) is 0 Å². The van der Waals surface area contributed by atoms with Gasteiger partial charge in [0.15, 0.2) is 0 Å². The van der Waals surface area contributed by atoms with Crippen molar-refractivity contribution in [3.63, 3.8) is 0 Å². The average molecular weight is 224 g/mol. The van der Waals surface area contributed by atoms with Gasteiger partial charge in [-0.2, -0.15) is 0 Å². The molecule has 0 atom stereocenters. The zero-order valence-corrected chi connectivity index (χ0v) is 7.91. The van der Waals surface area contributed by atoms with Gasteiger partial charge in [-0.1, -0.05) is 0 Å². The zero-order chi connectivity index (χ0) is 11.7. The lowest BCUT2D eigenvalue weighted by atomic mass is 10.1. The second-order valence-corrected chi connectivity index (χ2v) is 3.16. The van der Waals surface area contributed by atoms with Crippen LogP contribution in [-0.4, -0.2) is 9.91 Å². The number of hydrogen-bond donors (Lipinski definition) is 1. The number of nitrogens with one attached hydrogen (secondary N) is 1. The van der Waals surface area contributed by atoms with E-state index in [1.165, 1.54) is 12.3 Å². The minimum Gasteiger partial charge on any atom is -0.358 e. The van der Waals surface area contributed by atoms with E-state index in [9.17, 15) is 18.9 Å². The van der Waals surface area contributed by atoms with Crippen molar-refractivity contribution in [1.29, 1.82) is 0 Å². The third-order valence-electron chi connectivity index (χ3n) is 2.11. The van der Waals surface area contributed by atoms with Crippen LogP contribution in [-0.2, 0) is 0 Å². The summed E-state index contributed by atoms with van der Waals surface area (Å²) in [6, 6.07) is 1.87. The van der Waals surface area contributed by atoms with E-state index in [-0.39, 0.29) is 10.9 Å². The molecule has 82 valence electrons. The molecule has 2 aromatic rings. The summed E-state index contributed by atoms with van der Waals surface area (Å²) < 4.78 is 26.2. The van der Waals surface area contributed by atoms with Gasteiger partial charge >= 0.3 is 0 Å². The lowest BCUT2D eigenvalue weighted by Crippen LogP contribution is -1.83. The number of nitro groups is 1. The fourth-order valence-electron chi connectivity index (χ4n) is 1.45. The topological polar surface area (TPSA) is 58.9 Å². The van der Waals surface area contributed by atoms with Gasteiger partial charge in [0.1, 0.15) is 11.6 Å². The minimum absolute atomic E-state index is 0.129. The lowest BCUT2D eigenvalue weighted by molar-refractivity contribution is -0.400. The van der Waals surface area contributed by atoms with Crippen molar-refractivity contribution in [2.24, 2.45) is 0 Å². The highest BCUT2D eigenvalue weighted by atomic mass is 19.1. The fraction of sp³-hybridized carbons (Fsp3) is 0. The first-order valence-corrected chi connectivity index (χ1v) is 4.36. The number of hydrogen-bond acceptors (Lipinski definition) is 2. The Bertz CT molecular complexity index is 590. The molecular formula is C10H6F2N2O2. The molecule has 0 aliphatic rings. The maximum atomic E-state index is 13.2. The summed E-state index contributed by atoms with van der Waals surface area (Å²) in [7, 11) is 0. The molecule has 0 aliphatic heterocycles. The van der Waals surface area contributed by atoms with Crippen LogP contribution in [0, 0.1) is 21.7 Å².